The van der Waals surface area contributed by atoms with E-state index in [1.54, 1.807) is 10.4 Å². The highest BCUT2D eigenvalue weighted by Gasteiger charge is 2.39. The summed E-state index contributed by atoms with van der Waals surface area (Å²) in [6.45, 7) is 10.2. The first-order valence-electron chi connectivity index (χ1n) is 5.65. The fraction of sp³-hybridized carbons (Fsp3) is 0.692. The molecule has 1 nitrogen and oxygen atoms in total. The Kier molecular flexibility index (Phi) is 2.47. The molecule has 2 rings (SSSR count). The lowest BCUT2D eigenvalue weighted by Gasteiger charge is -2.40. The van der Waals surface area contributed by atoms with Crippen LogP contribution in [0.2, 0.25) is 0 Å². The van der Waals surface area contributed by atoms with Crippen molar-refractivity contribution in [2.45, 2.75) is 52.5 Å². The highest BCUT2D eigenvalue weighted by molar-refractivity contribution is 7.10. The summed E-state index contributed by atoms with van der Waals surface area (Å²) in [5.41, 5.74) is 9.47. The maximum atomic E-state index is 5.80. The van der Waals surface area contributed by atoms with Crippen molar-refractivity contribution in [1.82, 2.24) is 0 Å². The number of hydrogen-bond acceptors (Lipinski definition) is 2. The minimum absolute atomic E-state index is 0.329. The van der Waals surface area contributed by atoms with Crippen LogP contribution in [0.15, 0.2) is 5.38 Å². The van der Waals surface area contributed by atoms with Crippen molar-refractivity contribution in [2.24, 2.45) is 11.1 Å². The molecule has 0 amide bonds. The van der Waals surface area contributed by atoms with Crippen LogP contribution in [0.3, 0.4) is 0 Å². The lowest BCUT2D eigenvalue weighted by atomic mass is 9.65. The molecular formula is C13H21NS. The van der Waals surface area contributed by atoms with E-state index in [0.717, 1.165) is 0 Å². The minimum atomic E-state index is 0.329. The topological polar surface area (TPSA) is 26.0 Å². The molecule has 1 aliphatic carbocycles. The van der Waals surface area contributed by atoms with Crippen LogP contribution >= 0.6 is 11.3 Å². The van der Waals surface area contributed by atoms with Crippen LogP contribution in [0.5, 0.6) is 0 Å². The van der Waals surface area contributed by atoms with E-state index in [2.05, 4.69) is 33.1 Å². The SMILES string of the molecule is CC1(C)Cc2c(CN)csc2C(C)(C)C1. The summed E-state index contributed by atoms with van der Waals surface area (Å²) in [5, 5.41) is 2.26. The summed E-state index contributed by atoms with van der Waals surface area (Å²) in [4.78, 5) is 1.57. The zero-order valence-electron chi connectivity index (χ0n) is 10.2. The van der Waals surface area contributed by atoms with Crippen LogP contribution in [0.4, 0.5) is 0 Å². The monoisotopic (exact) mass is 223 g/mol. The molecule has 0 aliphatic heterocycles. The van der Waals surface area contributed by atoms with Gasteiger partial charge in [0.15, 0.2) is 0 Å². The average molecular weight is 223 g/mol. The number of fused-ring (bicyclic) bond motifs is 1. The van der Waals surface area contributed by atoms with Gasteiger partial charge in [-0.3, -0.25) is 0 Å². The van der Waals surface area contributed by atoms with Crippen LogP contribution in [-0.2, 0) is 18.4 Å². The van der Waals surface area contributed by atoms with Crippen LogP contribution in [0, 0.1) is 5.41 Å². The van der Waals surface area contributed by atoms with E-state index in [0.29, 0.717) is 17.4 Å². The lowest BCUT2D eigenvalue weighted by molar-refractivity contribution is 0.235. The fourth-order valence-corrected chi connectivity index (χ4v) is 4.40. The first-order valence-corrected chi connectivity index (χ1v) is 6.53. The van der Waals surface area contributed by atoms with Crippen molar-refractivity contribution in [3.63, 3.8) is 0 Å². The molecule has 0 radical (unpaired) electrons. The summed E-state index contributed by atoms with van der Waals surface area (Å²) < 4.78 is 0. The van der Waals surface area contributed by atoms with Crippen molar-refractivity contribution < 1.29 is 0 Å². The van der Waals surface area contributed by atoms with Gasteiger partial charge in [-0.15, -0.1) is 11.3 Å². The minimum Gasteiger partial charge on any atom is -0.326 e. The predicted molar refractivity (Wildman–Crippen MR) is 67.3 cm³/mol. The molecule has 2 heteroatoms. The van der Waals surface area contributed by atoms with E-state index in [-0.39, 0.29) is 0 Å². The van der Waals surface area contributed by atoms with Gasteiger partial charge in [0.05, 0.1) is 0 Å². The van der Waals surface area contributed by atoms with Gasteiger partial charge in [0, 0.05) is 11.4 Å². The first kappa shape index (κ1) is 11.2. The smallest absolute Gasteiger partial charge is 0.0189 e. The third kappa shape index (κ3) is 1.85. The van der Waals surface area contributed by atoms with Gasteiger partial charge in [0.1, 0.15) is 0 Å². The first-order chi connectivity index (χ1) is 6.86. The van der Waals surface area contributed by atoms with E-state index in [4.69, 9.17) is 5.73 Å². The van der Waals surface area contributed by atoms with Crippen LogP contribution in [0.1, 0.15) is 50.1 Å². The second-order valence-electron chi connectivity index (χ2n) is 6.17. The number of nitrogens with two attached hydrogens (primary N) is 1. The molecule has 0 unspecified atom stereocenters. The summed E-state index contributed by atoms with van der Waals surface area (Å²) in [7, 11) is 0. The molecule has 1 aromatic rings. The molecule has 0 spiro atoms. The van der Waals surface area contributed by atoms with Crippen LogP contribution in [-0.4, -0.2) is 0 Å². The van der Waals surface area contributed by atoms with Gasteiger partial charge in [-0.05, 0) is 40.2 Å². The number of rotatable bonds is 1. The normalized spacial score (nSPS) is 22.5. The van der Waals surface area contributed by atoms with Crippen molar-refractivity contribution in [3.8, 4) is 0 Å². The Hall–Kier alpha value is -0.340. The van der Waals surface area contributed by atoms with Gasteiger partial charge < -0.3 is 5.73 Å². The Morgan fingerprint density at radius 1 is 1.33 bits per heavy atom. The second-order valence-corrected chi connectivity index (χ2v) is 7.05. The molecule has 1 aliphatic rings. The molecule has 0 fully saturated rings. The molecule has 0 saturated carbocycles. The zero-order valence-corrected chi connectivity index (χ0v) is 11.0. The fourth-order valence-electron chi connectivity index (χ4n) is 3.17. The van der Waals surface area contributed by atoms with Gasteiger partial charge in [-0.2, -0.15) is 0 Å². The van der Waals surface area contributed by atoms with E-state index in [1.165, 1.54) is 18.4 Å². The van der Waals surface area contributed by atoms with E-state index < -0.39 is 0 Å². The van der Waals surface area contributed by atoms with E-state index in [1.807, 2.05) is 11.3 Å². The highest BCUT2D eigenvalue weighted by Crippen LogP contribution is 2.48. The molecule has 1 aromatic heterocycles. The van der Waals surface area contributed by atoms with Crippen molar-refractivity contribution >= 4 is 11.3 Å². The molecule has 0 saturated heterocycles. The standard InChI is InChI=1S/C13H21NS/c1-12(2)5-10-9(6-14)7-15-11(10)13(3,4)8-12/h7H,5-6,8,14H2,1-4H3. The van der Waals surface area contributed by atoms with Crippen LogP contribution in [0.25, 0.3) is 0 Å². The van der Waals surface area contributed by atoms with Crippen molar-refractivity contribution in [3.05, 3.63) is 21.4 Å². The molecule has 15 heavy (non-hydrogen) atoms. The lowest BCUT2D eigenvalue weighted by Crippen LogP contribution is -2.34. The molecule has 0 aromatic carbocycles. The molecular weight excluding hydrogens is 202 g/mol. The van der Waals surface area contributed by atoms with E-state index >= 15 is 0 Å². The second kappa shape index (κ2) is 3.33. The summed E-state index contributed by atoms with van der Waals surface area (Å²) in [6.07, 6.45) is 2.47. The Morgan fingerprint density at radius 3 is 2.60 bits per heavy atom. The molecule has 84 valence electrons. The Morgan fingerprint density at radius 2 is 2.00 bits per heavy atom. The quantitative estimate of drug-likeness (QED) is 0.775. The van der Waals surface area contributed by atoms with Crippen LogP contribution < -0.4 is 5.73 Å². The largest absolute Gasteiger partial charge is 0.326 e. The number of thiophene rings is 1. The van der Waals surface area contributed by atoms with E-state index in [9.17, 15) is 0 Å². The molecule has 2 N–H and O–H groups in total. The summed E-state index contributed by atoms with van der Waals surface area (Å²) in [5.74, 6) is 0. The molecule has 0 atom stereocenters. The third-order valence-electron chi connectivity index (χ3n) is 3.39. The van der Waals surface area contributed by atoms with Gasteiger partial charge in [-0.1, -0.05) is 27.7 Å². The Labute approximate surface area is 96.7 Å². The molecule has 0 bridgehead atoms. The summed E-state index contributed by atoms with van der Waals surface area (Å²) in [6, 6.07) is 0. The predicted octanol–water partition coefficient (Wildman–Crippen LogP) is 3.46. The maximum absolute atomic E-state index is 5.80. The summed E-state index contributed by atoms with van der Waals surface area (Å²) >= 11 is 1.90. The Bertz CT molecular complexity index is 374. The van der Waals surface area contributed by atoms with Gasteiger partial charge in [0.2, 0.25) is 0 Å². The molecule has 1 heterocycles. The maximum Gasteiger partial charge on any atom is 0.0189 e. The van der Waals surface area contributed by atoms with Gasteiger partial charge >= 0.3 is 0 Å². The third-order valence-corrected chi connectivity index (χ3v) is 4.83. The van der Waals surface area contributed by atoms with Gasteiger partial charge in [-0.25, -0.2) is 0 Å². The highest BCUT2D eigenvalue weighted by atomic mass is 32.1. The van der Waals surface area contributed by atoms with Crippen molar-refractivity contribution in [2.75, 3.05) is 0 Å². The zero-order chi connectivity index (χ0) is 11.3. The Balaban J connectivity index is 2.52. The average Bonchev–Trinajstić information content (AvgIpc) is 2.43. The van der Waals surface area contributed by atoms with Gasteiger partial charge in [0.25, 0.3) is 0 Å². The number of hydrogen-bond donors (Lipinski definition) is 1. The van der Waals surface area contributed by atoms with Crippen molar-refractivity contribution in [1.29, 1.82) is 0 Å².